The Bertz CT molecular complexity index is 1440. The second-order valence-corrected chi connectivity index (χ2v) is 8.97. The van der Waals surface area contributed by atoms with Crippen LogP contribution in [0.5, 0.6) is 0 Å². The maximum Gasteiger partial charge on any atom is 0.236 e. The van der Waals surface area contributed by atoms with Crippen molar-refractivity contribution in [3.05, 3.63) is 96.1 Å². The van der Waals surface area contributed by atoms with Crippen LogP contribution in [0.1, 0.15) is 17.0 Å². The third kappa shape index (κ3) is 5.04. The summed E-state index contributed by atoms with van der Waals surface area (Å²) >= 11 is 1.34. The molecule has 35 heavy (non-hydrogen) atoms. The van der Waals surface area contributed by atoms with Crippen LogP contribution in [0, 0.1) is 13.8 Å². The molecular weight excluding hydrogens is 460 g/mol. The van der Waals surface area contributed by atoms with Crippen LogP contribution in [0.15, 0.2) is 88.6 Å². The zero-order valence-electron chi connectivity index (χ0n) is 19.4. The van der Waals surface area contributed by atoms with Gasteiger partial charge < -0.3 is 9.73 Å². The van der Waals surface area contributed by atoms with Gasteiger partial charge in [-0.3, -0.25) is 9.36 Å². The van der Waals surface area contributed by atoms with E-state index in [-0.39, 0.29) is 11.7 Å². The molecule has 0 bridgehead atoms. The third-order valence-corrected chi connectivity index (χ3v) is 6.40. The van der Waals surface area contributed by atoms with Gasteiger partial charge in [0.05, 0.1) is 35.5 Å². The van der Waals surface area contributed by atoms with E-state index in [1.165, 1.54) is 11.8 Å². The molecule has 0 radical (unpaired) electrons. The number of rotatable bonds is 8. The molecule has 3 heterocycles. The van der Waals surface area contributed by atoms with Crippen LogP contribution >= 0.6 is 11.8 Å². The Labute approximate surface area is 207 Å². The number of aromatic nitrogens is 5. The third-order valence-electron chi connectivity index (χ3n) is 5.43. The second-order valence-electron chi connectivity index (χ2n) is 8.02. The molecule has 8 nitrogen and oxygen atoms in total. The first-order valence-electron chi connectivity index (χ1n) is 11.1. The molecule has 0 spiro atoms. The molecule has 0 saturated carbocycles. The fourth-order valence-corrected chi connectivity index (χ4v) is 4.52. The van der Waals surface area contributed by atoms with E-state index in [0.717, 1.165) is 28.3 Å². The van der Waals surface area contributed by atoms with Gasteiger partial charge in [-0.1, -0.05) is 60.3 Å². The van der Waals surface area contributed by atoms with Gasteiger partial charge in [-0.05, 0) is 37.6 Å². The molecule has 0 atom stereocenters. The number of hydrogen-bond donors (Lipinski definition) is 1. The van der Waals surface area contributed by atoms with Gasteiger partial charge in [0.15, 0.2) is 11.0 Å². The van der Waals surface area contributed by atoms with Crippen molar-refractivity contribution in [1.82, 2.24) is 24.5 Å². The summed E-state index contributed by atoms with van der Waals surface area (Å²) in [4.78, 5) is 12.9. The molecule has 5 aromatic rings. The van der Waals surface area contributed by atoms with E-state index >= 15 is 0 Å². The average Bonchev–Trinajstić information content (AvgIpc) is 3.57. The lowest BCUT2D eigenvalue weighted by molar-refractivity contribution is -0.113. The number of amides is 1. The summed E-state index contributed by atoms with van der Waals surface area (Å²) in [6, 6.07) is 23.5. The highest BCUT2D eigenvalue weighted by atomic mass is 32.2. The average molecular weight is 485 g/mol. The zero-order valence-corrected chi connectivity index (χ0v) is 20.2. The van der Waals surface area contributed by atoms with Crippen LogP contribution in [0.4, 0.5) is 5.82 Å². The number of nitrogens with zero attached hydrogens (tertiary/aromatic N) is 5. The minimum atomic E-state index is -0.151. The quantitative estimate of drug-likeness (QED) is 0.308. The normalized spacial score (nSPS) is 11.0. The Morgan fingerprint density at radius 2 is 1.74 bits per heavy atom. The van der Waals surface area contributed by atoms with Gasteiger partial charge >= 0.3 is 0 Å². The molecule has 0 aliphatic heterocycles. The highest BCUT2D eigenvalue weighted by Gasteiger charge is 2.19. The van der Waals surface area contributed by atoms with Crippen LogP contribution in [0.3, 0.4) is 0 Å². The largest absolute Gasteiger partial charge is 0.469 e. The number of furan rings is 1. The summed E-state index contributed by atoms with van der Waals surface area (Å²) in [5.74, 6) is 2.13. The number of carbonyl (C=O) groups excluding carboxylic acids is 1. The van der Waals surface area contributed by atoms with Gasteiger partial charge in [0, 0.05) is 6.07 Å². The van der Waals surface area contributed by atoms with E-state index in [2.05, 4.69) is 32.7 Å². The molecule has 0 unspecified atom stereocenters. The van der Waals surface area contributed by atoms with Crippen molar-refractivity contribution >= 4 is 23.5 Å². The Balaban J connectivity index is 1.35. The fourth-order valence-electron chi connectivity index (χ4n) is 3.78. The van der Waals surface area contributed by atoms with Crippen molar-refractivity contribution in [2.45, 2.75) is 25.5 Å². The SMILES string of the molecule is Cc1cc(NC(=O)CSc2nnc(-c3ccoc3C)n2Cc2ccccc2)n(-c2ccccc2)n1. The molecule has 0 fully saturated rings. The van der Waals surface area contributed by atoms with Gasteiger partial charge in [-0.25, -0.2) is 4.68 Å². The van der Waals surface area contributed by atoms with Crippen LogP contribution < -0.4 is 5.32 Å². The minimum absolute atomic E-state index is 0.151. The lowest BCUT2D eigenvalue weighted by atomic mass is 10.2. The summed E-state index contributed by atoms with van der Waals surface area (Å²) in [5.41, 5.74) is 3.70. The van der Waals surface area contributed by atoms with Gasteiger partial charge in [0.25, 0.3) is 0 Å². The Morgan fingerprint density at radius 3 is 2.46 bits per heavy atom. The number of anilines is 1. The van der Waals surface area contributed by atoms with E-state index < -0.39 is 0 Å². The predicted octanol–water partition coefficient (Wildman–Crippen LogP) is 5.12. The second kappa shape index (κ2) is 10.0. The molecule has 0 aliphatic carbocycles. The maximum atomic E-state index is 12.9. The van der Waals surface area contributed by atoms with Crippen LogP contribution in [-0.2, 0) is 11.3 Å². The lowest BCUT2D eigenvalue weighted by Gasteiger charge is -2.11. The molecule has 1 amide bonds. The summed E-state index contributed by atoms with van der Waals surface area (Å²) in [6.45, 7) is 4.38. The molecule has 3 aromatic heterocycles. The molecule has 5 rings (SSSR count). The number of benzene rings is 2. The number of aryl methyl sites for hydroxylation is 2. The van der Waals surface area contributed by atoms with Crippen molar-refractivity contribution in [2.24, 2.45) is 0 Å². The number of hydrogen-bond acceptors (Lipinski definition) is 6. The molecule has 0 saturated heterocycles. The van der Waals surface area contributed by atoms with E-state index in [1.54, 1.807) is 10.9 Å². The van der Waals surface area contributed by atoms with E-state index in [0.29, 0.717) is 23.3 Å². The van der Waals surface area contributed by atoms with E-state index in [9.17, 15) is 4.79 Å². The maximum absolute atomic E-state index is 12.9. The fraction of sp³-hybridized carbons (Fsp3) is 0.154. The summed E-state index contributed by atoms with van der Waals surface area (Å²) in [7, 11) is 0. The number of nitrogens with one attached hydrogen (secondary N) is 1. The van der Waals surface area contributed by atoms with E-state index in [1.807, 2.05) is 79.1 Å². The van der Waals surface area contributed by atoms with Crippen molar-refractivity contribution in [2.75, 3.05) is 11.1 Å². The lowest BCUT2D eigenvalue weighted by Crippen LogP contribution is -2.17. The van der Waals surface area contributed by atoms with Gasteiger partial charge in [0.1, 0.15) is 11.6 Å². The van der Waals surface area contributed by atoms with Gasteiger partial charge in [-0.15, -0.1) is 10.2 Å². The summed E-state index contributed by atoms with van der Waals surface area (Å²) in [5, 5.41) is 17.0. The minimum Gasteiger partial charge on any atom is -0.469 e. The van der Waals surface area contributed by atoms with Crippen molar-refractivity contribution in [3.8, 4) is 17.1 Å². The Morgan fingerprint density at radius 1 is 1.00 bits per heavy atom. The molecule has 176 valence electrons. The van der Waals surface area contributed by atoms with Crippen molar-refractivity contribution in [1.29, 1.82) is 0 Å². The smallest absolute Gasteiger partial charge is 0.236 e. The van der Waals surface area contributed by atoms with Crippen LogP contribution in [-0.4, -0.2) is 36.2 Å². The van der Waals surface area contributed by atoms with E-state index in [4.69, 9.17) is 4.42 Å². The Hall–Kier alpha value is -4.11. The Kier molecular flexibility index (Phi) is 6.49. The van der Waals surface area contributed by atoms with Crippen molar-refractivity contribution in [3.63, 3.8) is 0 Å². The molecule has 1 N–H and O–H groups in total. The zero-order chi connectivity index (χ0) is 24.2. The van der Waals surface area contributed by atoms with Crippen molar-refractivity contribution < 1.29 is 9.21 Å². The molecule has 2 aromatic carbocycles. The van der Waals surface area contributed by atoms with Gasteiger partial charge in [-0.2, -0.15) is 5.10 Å². The van der Waals surface area contributed by atoms with Gasteiger partial charge in [0.2, 0.25) is 5.91 Å². The number of thioether (sulfide) groups is 1. The highest BCUT2D eigenvalue weighted by Crippen LogP contribution is 2.28. The number of carbonyl (C=O) groups is 1. The first-order valence-corrected chi connectivity index (χ1v) is 12.1. The first-order chi connectivity index (χ1) is 17.1. The summed E-state index contributed by atoms with van der Waals surface area (Å²) < 4.78 is 9.24. The van der Waals surface area contributed by atoms with Crippen LogP contribution in [0.2, 0.25) is 0 Å². The topological polar surface area (TPSA) is 90.8 Å². The molecule has 9 heteroatoms. The predicted molar refractivity (Wildman–Crippen MR) is 136 cm³/mol. The highest BCUT2D eigenvalue weighted by molar-refractivity contribution is 7.99. The molecular formula is C26H24N6O2S. The first kappa shape index (κ1) is 22.7. The van der Waals surface area contributed by atoms with Crippen LogP contribution in [0.25, 0.3) is 17.1 Å². The number of para-hydroxylation sites is 1. The summed E-state index contributed by atoms with van der Waals surface area (Å²) in [6.07, 6.45) is 1.64. The monoisotopic (exact) mass is 484 g/mol. The standard InChI is InChI=1S/C26H24N6O2S/c1-18-15-23(32(30-18)21-11-7-4-8-12-21)27-24(33)17-35-26-29-28-25(22-13-14-34-19(22)2)31(26)16-20-9-5-3-6-10-20/h3-15H,16-17H2,1-2H3,(H,27,33). The molecule has 0 aliphatic rings.